The third-order valence-electron chi connectivity index (χ3n) is 3.20. The monoisotopic (exact) mass is 184 g/mol. The van der Waals surface area contributed by atoms with E-state index in [9.17, 15) is 0 Å². The molecule has 2 nitrogen and oxygen atoms in total. The number of hydrogen-bond acceptors (Lipinski definition) is 2. The maximum Gasteiger partial charge on any atom is 0.0217 e. The minimum atomic E-state index is 0.695. The van der Waals surface area contributed by atoms with E-state index >= 15 is 0 Å². The van der Waals surface area contributed by atoms with Crippen LogP contribution in [0.15, 0.2) is 0 Å². The second-order valence-electron chi connectivity index (χ2n) is 4.10. The molecule has 0 aromatic heterocycles. The van der Waals surface area contributed by atoms with Crippen LogP contribution in [0.3, 0.4) is 0 Å². The molecule has 1 saturated carbocycles. The topological polar surface area (TPSA) is 24.1 Å². The number of nitrogens with one attached hydrogen (secondary N) is 2. The van der Waals surface area contributed by atoms with Crippen molar-refractivity contribution in [3.8, 4) is 0 Å². The van der Waals surface area contributed by atoms with Crippen molar-refractivity contribution in [3.63, 3.8) is 0 Å². The van der Waals surface area contributed by atoms with Crippen molar-refractivity contribution < 1.29 is 0 Å². The first kappa shape index (κ1) is 11.0. The summed E-state index contributed by atoms with van der Waals surface area (Å²) in [6.45, 7) is 4.40. The van der Waals surface area contributed by atoms with E-state index in [1.165, 1.54) is 32.1 Å². The molecule has 0 aliphatic heterocycles. The van der Waals surface area contributed by atoms with Gasteiger partial charge in [-0.05, 0) is 32.4 Å². The smallest absolute Gasteiger partial charge is 0.0217 e. The predicted octanol–water partition coefficient (Wildman–Crippen LogP) is 1.76. The molecule has 1 fully saturated rings. The molecule has 1 aliphatic carbocycles. The zero-order valence-electron chi connectivity index (χ0n) is 9.10. The lowest BCUT2D eigenvalue weighted by Crippen LogP contribution is -2.42. The molecule has 0 radical (unpaired) electrons. The molecule has 1 aliphatic rings. The molecule has 0 aromatic rings. The van der Waals surface area contributed by atoms with Crippen LogP contribution >= 0.6 is 0 Å². The van der Waals surface area contributed by atoms with Crippen molar-refractivity contribution in [2.24, 2.45) is 5.92 Å². The molecule has 78 valence electrons. The Balaban J connectivity index is 2.26. The quantitative estimate of drug-likeness (QED) is 0.680. The second-order valence-corrected chi connectivity index (χ2v) is 4.10. The van der Waals surface area contributed by atoms with E-state index in [0.717, 1.165) is 19.0 Å². The lowest BCUT2D eigenvalue weighted by molar-refractivity contribution is 0.272. The average Bonchev–Trinajstić information content (AvgIpc) is 2.21. The Hall–Kier alpha value is -0.0800. The van der Waals surface area contributed by atoms with E-state index in [0.29, 0.717) is 6.04 Å². The zero-order valence-corrected chi connectivity index (χ0v) is 9.10. The Morgan fingerprint density at radius 1 is 1.23 bits per heavy atom. The third-order valence-corrected chi connectivity index (χ3v) is 3.20. The van der Waals surface area contributed by atoms with Gasteiger partial charge in [-0.3, -0.25) is 0 Å². The van der Waals surface area contributed by atoms with Crippen molar-refractivity contribution >= 4 is 0 Å². The van der Waals surface area contributed by atoms with Gasteiger partial charge in [0.25, 0.3) is 0 Å². The minimum Gasteiger partial charge on any atom is -0.315 e. The van der Waals surface area contributed by atoms with Gasteiger partial charge in [0.15, 0.2) is 0 Å². The molecule has 0 aromatic carbocycles. The lowest BCUT2D eigenvalue weighted by Gasteiger charge is -2.30. The maximum atomic E-state index is 3.44. The van der Waals surface area contributed by atoms with E-state index in [4.69, 9.17) is 0 Å². The molecule has 0 unspecified atom stereocenters. The Labute approximate surface area is 82.5 Å². The van der Waals surface area contributed by atoms with E-state index in [-0.39, 0.29) is 0 Å². The van der Waals surface area contributed by atoms with Crippen molar-refractivity contribution in [1.82, 2.24) is 10.6 Å². The molecule has 2 heteroatoms. The molecule has 0 heterocycles. The van der Waals surface area contributed by atoms with Crippen LogP contribution in [0, 0.1) is 5.92 Å². The summed E-state index contributed by atoms with van der Waals surface area (Å²) in [5, 5.41) is 6.88. The van der Waals surface area contributed by atoms with Crippen LogP contribution in [-0.2, 0) is 0 Å². The number of hydrogen-bond donors (Lipinski definition) is 2. The van der Waals surface area contributed by atoms with Gasteiger partial charge in [0.1, 0.15) is 0 Å². The Kier molecular flexibility index (Phi) is 5.40. The Bertz CT molecular complexity index is 119. The fraction of sp³-hybridized carbons (Fsp3) is 1.00. The van der Waals surface area contributed by atoms with Crippen LogP contribution in [0.1, 0.15) is 39.0 Å². The molecule has 0 bridgehead atoms. The van der Waals surface area contributed by atoms with Crippen LogP contribution in [0.2, 0.25) is 0 Å². The molecule has 2 N–H and O–H groups in total. The number of likely N-dealkylation sites (N-methyl/N-ethyl adjacent to an activating group) is 2. The van der Waals surface area contributed by atoms with Crippen LogP contribution in [0.5, 0.6) is 0 Å². The van der Waals surface area contributed by atoms with E-state index in [1.807, 2.05) is 0 Å². The van der Waals surface area contributed by atoms with Crippen molar-refractivity contribution in [2.75, 3.05) is 20.1 Å². The van der Waals surface area contributed by atoms with Gasteiger partial charge in [-0.2, -0.15) is 0 Å². The summed E-state index contributed by atoms with van der Waals surface area (Å²) < 4.78 is 0. The fourth-order valence-corrected chi connectivity index (χ4v) is 2.34. The highest BCUT2D eigenvalue weighted by Crippen LogP contribution is 2.25. The summed E-state index contributed by atoms with van der Waals surface area (Å²) in [7, 11) is 2.09. The summed E-state index contributed by atoms with van der Waals surface area (Å²) in [5.41, 5.74) is 0. The van der Waals surface area contributed by atoms with Gasteiger partial charge in [0.05, 0.1) is 0 Å². The summed E-state index contributed by atoms with van der Waals surface area (Å²) in [6.07, 6.45) is 7.19. The normalized spacial score (nSPS) is 21.7. The lowest BCUT2D eigenvalue weighted by atomic mass is 9.84. The van der Waals surface area contributed by atoms with E-state index < -0.39 is 0 Å². The highest BCUT2D eigenvalue weighted by atomic mass is 15.0. The van der Waals surface area contributed by atoms with Gasteiger partial charge >= 0.3 is 0 Å². The molecule has 0 spiro atoms. The molecule has 1 rings (SSSR count). The van der Waals surface area contributed by atoms with Gasteiger partial charge < -0.3 is 10.6 Å². The zero-order chi connectivity index (χ0) is 9.52. The summed E-state index contributed by atoms with van der Waals surface area (Å²) in [4.78, 5) is 0. The van der Waals surface area contributed by atoms with Gasteiger partial charge in [-0.25, -0.2) is 0 Å². The Morgan fingerprint density at radius 3 is 2.46 bits per heavy atom. The van der Waals surface area contributed by atoms with Crippen molar-refractivity contribution in [3.05, 3.63) is 0 Å². The molecular formula is C11H24N2. The highest BCUT2D eigenvalue weighted by Gasteiger charge is 2.21. The molecule has 13 heavy (non-hydrogen) atoms. The van der Waals surface area contributed by atoms with Gasteiger partial charge in [-0.1, -0.05) is 26.2 Å². The Morgan fingerprint density at radius 2 is 1.92 bits per heavy atom. The van der Waals surface area contributed by atoms with Crippen LogP contribution in [-0.4, -0.2) is 26.2 Å². The summed E-state index contributed by atoms with van der Waals surface area (Å²) >= 11 is 0. The second kappa shape index (κ2) is 6.39. The fourth-order valence-electron chi connectivity index (χ4n) is 2.34. The first-order valence-corrected chi connectivity index (χ1v) is 5.76. The average molecular weight is 184 g/mol. The van der Waals surface area contributed by atoms with Gasteiger partial charge in [-0.15, -0.1) is 0 Å². The third kappa shape index (κ3) is 3.65. The molecule has 1 atom stereocenters. The van der Waals surface area contributed by atoms with Crippen molar-refractivity contribution in [1.29, 1.82) is 0 Å². The van der Waals surface area contributed by atoms with Crippen LogP contribution in [0.25, 0.3) is 0 Å². The number of rotatable bonds is 5. The first-order valence-electron chi connectivity index (χ1n) is 5.76. The summed E-state index contributed by atoms with van der Waals surface area (Å²) in [6, 6.07) is 0.695. The molecule has 0 saturated heterocycles. The SMILES string of the molecule is CCNC[C@@H](NC)C1CCCCC1. The van der Waals surface area contributed by atoms with Crippen molar-refractivity contribution in [2.45, 2.75) is 45.1 Å². The molecule has 0 amide bonds. The predicted molar refractivity (Wildman–Crippen MR) is 58.0 cm³/mol. The van der Waals surface area contributed by atoms with Gasteiger partial charge in [0, 0.05) is 12.6 Å². The van der Waals surface area contributed by atoms with Crippen LogP contribution in [0.4, 0.5) is 0 Å². The molecular weight excluding hydrogens is 160 g/mol. The standard InChI is InChI=1S/C11H24N2/c1-3-13-9-11(12-2)10-7-5-4-6-8-10/h10-13H,3-9H2,1-2H3/t11-/m1/s1. The van der Waals surface area contributed by atoms with E-state index in [1.54, 1.807) is 0 Å². The minimum absolute atomic E-state index is 0.695. The van der Waals surface area contributed by atoms with E-state index in [2.05, 4.69) is 24.6 Å². The largest absolute Gasteiger partial charge is 0.315 e. The highest BCUT2D eigenvalue weighted by molar-refractivity contribution is 4.79. The van der Waals surface area contributed by atoms with Gasteiger partial charge in [0.2, 0.25) is 0 Å². The maximum absolute atomic E-state index is 3.44. The van der Waals surface area contributed by atoms with Crippen LogP contribution < -0.4 is 10.6 Å². The summed E-state index contributed by atoms with van der Waals surface area (Å²) in [5.74, 6) is 0.915. The first-order chi connectivity index (χ1) is 6.38.